The second kappa shape index (κ2) is 5.64. The molecule has 0 amide bonds. The van der Waals surface area contributed by atoms with E-state index in [1.807, 2.05) is 13.0 Å². The molecule has 0 spiro atoms. The normalized spacial score (nSPS) is 11.9. The summed E-state index contributed by atoms with van der Waals surface area (Å²) in [5, 5.41) is 17.9. The van der Waals surface area contributed by atoms with Gasteiger partial charge in [0.05, 0.1) is 19.3 Å². The average Bonchev–Trinajstić information content (AvgIpc) is 2.28. The van der Waals surface area contributed by atoms with Crippen LogP contribution in [0.15, 0.2) is 23.1 Å². The number of ether oxygens (including phenoxy) is 1. The van der Waals surface area contributed by atoms with Crippen molar-refractivity contribution >= 4 is 11.8 Å². The Morgan fingerprint density at radius 1 is 1.60 bits per heavy atom. The highest BCUT2D eigenvalue weighted by atomic mass is 32.2. The Hall–Kier alpha value is -1.18. The van der Waals surface area contributed by atoms with E-state index in [0.29, 0.717) is 5.56 Å². The van der Waals surface area contributed by atoms with Gasteiger partial charge in [0.25, 0.3) is 0 Å². The van der Waals surface area contributed by atoms with E-state index >= 15 is 0 Å². The number of thioether (sulfide) groups is 1. The molecule has 1 aromatic carbocycles. The number of nitriles is 1. The highest BCUT2D eigenvalue weighted by Crippen LogP contribution is 2.29. The summed E-state index contributed by atoms with van der Waals surface area (Å²) in [5.74, 6) is 0.724. The summed E-state index contributed by atoms with van der Waals surface area (Å²) in [5.41, 5.74) is 0.612. The van der Waals surface area contributed by atoms with Crippen LogP contribution in [0.1, 0.15) is 12.5 Å². The number of rotatable bonds is 4. The second-order valence-electron chi connectivity index (χ2n) is 3.08. The number of aliphatic hydroxyl groups excluding tert-OH is 1. The number of hydrogen-bond donors (Lipinski definition) is 1. The average molecular weight is 223 g/mol. The van der Waals surface area contributed by atoms with Crippen LogP contribution in [0.3, 0.4) is 0 Å². The van der Waals surface area contributed by atoms with Crippen molar-refractivity contribution in [2.45, 2.75) is 17.1 Å². The van der Waals surface area contributed by atoms with Crippen LogP contribution >= 0.6 is 11.8 Å². The van der Waals surface area contributed by atoms with E-state index in [4.69, 9.17) is 15.1 Å². The van der Waals surface area contributed by atoms with Gasteiger partial charge in [-0.1, -0.05) is 6.92 Å². The summed E-state index contributed by atoms with van der Waals surface area (Å²) in [6, 6.07) is 7.42. The second-order valence-corrected chi connectivity index (χ2v) is 4.57. The van der Waals surface area contributed by atoms with E-state index in [9.17, 15) is 0 Å². The molecule has 4 heteroatoms. The smallest absolute Gasteiger partial charge is 0.120 e. The van der Waals surface area contributed by atoms with Gasteiger partial charge in [-0.05, 0) is 18.2 Å². The third-order valence-corrected chi connectivity index (χ3v) is 3.04. The molecule has 80 valence electrons. The molecule has 1 N–H and O–H groups in total. The van der Waals surface area contributed by atoms with Gasteiger partial charge in [0.15, 0.2) is 0 Å². The molecule has 1 atom stereocenters. The van der Waals surface area contributed by atoms with E-state index < -0.39 is 0 Å². The zero-order chi connectivity index (χ0) is 11.3. The third-order valence-electron chi connectivity index (χ3n) is 1.89. The summed E-state index contributed by atoms with van der Waals surface area (Å²) >= 11 is 1.47. The fourth-order valence-electron chi connectivity index (χ4n) is 1.07. The lowest BCUT2D eigenvalue weighted by molar-refractivity contribution is 0.300. The van der Waals surface area contributed by atoms with Crippen LogP contribution in [0.25, 0.3) is 0 Å². The first-order valence-corrected chi connectivity index (χ1v) is 5.45. The van der Waals surface area contributed by atoms with Crippen LogP contribution in [0, 0.1) is 11.3 Å². The Labute approximate surface area is 93.7 Å². The number of aliphatic hydroxyl groups is 1. The summed E-state index contributed by atoms with van der Waals surface area (Å²) in [7, 11) is 1.59. The Kier molecular flexibility index (Phi) is 4.47. The molecule has 0 radical (unpaired) electrons. The van der Waals surface area contributed by atoms with Crippen LogP contribution < -0.4 is 4.74 Å². The number of hydrogen-bond acceptors (Lipinski definition) is 4. The maximum absolute atomic E-state index is 8.95. The van der Waals surface area contributed by atoms with Gasteiger partial charge < -0.3 is 9.84 Å². The molecule has 0 fully saturated rings. The largest absolute Gasteiger partial charge is 0.497 e. The number of benzene rings is 1. The Balaban J connectivity index is 2.97. The quantitative estimate of drug-likeness (QED) is 0.794. The van der Waals surface area contributed by atoms with E-state index in [0.717, 1.165) is 10.6 Å². The molecule has 0 aromatic heterocycles. The fourth-order valence-corrected chi connectivity index (χ4v) is 2.01. The summed E-state index contributed by atoms with van der Waals surface area (Å²) in [4.78, 5) is 0.846. The minimum absolute atomic E-state index is 0.0733. The summed E-state index contributed by atoms with van der Waals surface area (Å²) < 4.78 is 5.08. The van der Waals surface area contributed by atoms with Crippen molar-refractivity contribution in [3.63, 3.8) is 0 Å². The molecule has 1 aromatic rings. The predicted molar refractivity (Wildman–Crippen MR) is 60.1 cm³/mol. The van der Waals surface area contributed by atoms with Crippen molar-refractivity contribution in [1.29, 1.82) is 5.26 Å². The SMILES string of the molecule is COc1ccc(C#N)c(SC(C)CO)c1. The van der Waals surface area contributed by atoms with Gasteiger partial charge in [0, 0.05) is 10.1 Å². The van der Waals surface area contributed by atoms with Gasteiger partial charge in [0.1, 0.15) is 11.8 Å². The third kappa shape index (κ3) is 3.15. The monoisotopic (exact) mass is 223 g/mol. The molecular weight excluding hydrogens is 210 g/mol. The predicted octanol–water partition coefficient (Wildman–Crippen LogP) is 2.04. The number of nitrogens with zero attached hydrogens (tertiary/aromatic N) is 1. The van der Waals surface area contributed by atoms with Crippen molar-refractivity contribution in [3.8, 4) is 11.8 Å². The Morgan fingerprint density at radius 3 is 2.87 bits per heavy atom. The van der Waals surface area contributed by atoms with Crippen molar-refractivity contribution in [1.82, 2.24) is 0 Å². The van der Waals surface area contributed by atoms with E-state index in [1.165, 1.54) is 11.8 Å². The Bertz CT molecular complexity index is 373. The highest BCUT2D eigenvalue weighted by Gasteiger charge is 2.08. The van der Waals surface area contributed by atoms with Crippen LogP contribution in [0.2, 0.25) is 0 Å². The molecule has 0 aliphatic heterocycles. The highest BCUT2D eigenvalue weighted by molar-refractivity contribution is 8.00. The van der Waals surface area contributed by atoms with Crippen molar-refractivity contribution in [2.75, 3.05) is 13.7 Å². The standard InChI is InChI=1S/C11H13NO2S/c1-8(7-13)15-11-5-10(14-2)4-3-9(11)6-12/h3-5,8,13H,7H2,1-2H3. The van der Waals surface area contributed by atoms with Gasteiger partial charge in [-0.3, -0.25) is 0 Å². The van der Waals surface area contributed by atoms with E-state index in [-0.39, 0.29) is 11.9 Å². The van der Waals surface area contributed by atoms with Crippen molar-refractivity contribution in [2.24, 2.45) is 0 Å². The minimum Gasteiger partial charge on any atom is -0.497 e. The first-order valence-electron chi connectivity index (χ1n) is 4.57. The first kappa shape index (κ1) is 11.9. The maximum Gasteiger partial charge on any atom is 0.120 e. The molecule has 1 rings (SSSR count). The molecule has 3 nitrogen and oxygen atoms in total. The maximum atomic E-state index is 8.95. The van der Waals surface area contributed by atoms with E-state index in [1.54, 1.807) is 19.2 Å². The lowest BCUT2D eigenvalue weighted by Gasteiger charge is -2.10. The van der Waals surface area contributed by atoms with Gasteiger partial charge in [-0.25, -0.2) is 0 Å². The molecule has 0 aliphatic rings. The number of methoxy groups -OCH3 is 1. The topological polar surface area (TPSA) is 53.2 Å². The van der Waals surface area contributed by atoms with Crippen molar-refractivity contribution in [3.05, 3.63) is 23.8 Å². The Morgan fingerprint density at radius 2 is 2.33 bits per heavy atom. The molecule has 0 saturated heterocycles. The van der Waals surface area contributed by atoms with Crippen molar-refractivity contribution < 1.29 is 9.84 Å². The minimum atomic E-state index is 0.0733. The molecule has 0 saturated carbocycles. The molecule has 15 heavy (non-hydrogen) atoms. The molecule has 0 heterocycles. The van der Waals surface area contributed by atoms with Gasteiger partial charge >= 0.3 is 0 Å². The molecule has 0 bridgehead atoms. The zero-order valence-corrected chi connectivity index (χ0v) is 9.54. The van der Waals surface area contributed by atoms with Gasteiger partial charge in [-0.15, -0.1) is 11.8 Å². The summed E-state index contributed by atoms with van der Waals surface area (Å²) in [6.45, 7) is 2.00. The van der Waals surface area contributed by atoms with E-state index in [2.05, 4.69) is 6.07 Å². The van der Waals surface area contributed by atoms with Gasteiger partial charge in [-0.2, -0.15) is 5.26 Å². The lowest BCUT2D eigenvalue weighted by Crippen LogP contribution is -2.02. The van der Waals surface area contributed by atoms with Crippen LogP contribution in [-0.2, 0) is 0 Å². The van der Waals surface area contributed by atoms with Gasteiger partial charge in [0.2, 0.25) is 0 Å². The fraction of sp³-hybridized carbons (Fsp3) is 0.364. The first-order chi connectivity index (χ1) is 7.21. The summed E-state index contributed by atoms with van der Waals surface area (Å²) in [6.07, 6.45) is 0. The molecular formula is C11H13NO2S. The lowest BCUT2D eigenvalue weighted by atomic mass is 10.2. The zero-order valence-electron chi connectivity index (χ0n) is 8.73. The van der Waals surface area contributed by atoms with Crippen LogP contribution in [-0.4, -0.2) is 24.1 Å². The molecule has 0 aliphatic carbocycles. The molecule has 1 unspecified atom stereocenters. The van der Waals surface area contributed by atoms with Crippen LogP contribution in [0.4, 0.5) is 0 Å². The van der Waals surface area contributed by atoms with Crippen LogP contribution in [0.5, 0.6) is 5.75 Å².